The van der Waals surface area contributed by atoms with Crippen molar-refractivity contribution in [2.45, 2.75) is 38.3 Å². The van der Waals surface area contributed by atoms with Gasteiger partial charge in [0.1, 0.15) is 5.90 Å². The molecule has 0 spiro atoms. The van der Waals surface area contributed by atoms with Crippen LogP contribution in [0.5, 0.6) is 0 Å². The maximum absolute atomic E-state index is 12.1. The highest BCUT2D eigenvalue weighted by atomic mass is 31.2. The molecule has 100 valence electrons. The van der Waals surface area contributed by atoms with Crippen molar-refractivity contribution >= 4 is 15.0 Å². The van der Waals surface area contributed by atoms with Crippen LogP contribution in [-0.2, 0) is 13.7 Å². The first-order valence-electron chi connectivity index (χ1n) is 5.71. The molecule has 1 aliphatic carbocycles. The minimum atomic E-state index is -3.93. The van der Waals surface area contributed by atoms with Crippen LogP contribution in [0.3, 0.4) is 0 Å². The molecule has 1 fully saturated rings. The molecule has 17 heavy (non-hydrogen) atoms. The van der Waals surface area contributed by atoms with Crippen LogP contribution in [0.25, 0.3) is 0 Å². The van der Waals surface area contributed by atoms with Crippen molar-refractivity contribution in [3.8, 4) is 0 Å². The van der Waals surface area contributed by atoms with Gasteiger partial charge in [-0.3, -0.25) is 9.13 Å². The zero-order valence-corrected chi connectivity index (χ0v) is 11.8. The van der Waals surface area contributed by atoms with E-state index in [-0.39, 0.29) is 6.61 Å². The number of hydrogen-bond donors (Lipinski definition) is 2. The Balaban J connectivity index is 2.65. The van der Waals surface area contributed by atoms with Crippen molar-refractivity contribution < 1.29 is 23.4 Å². The molecule has 0 heterocycles. The summed E-state index contributed by atoms with van der Waals surface area (Å²) in [6.07, 6.45) is 2.58. The Morgan fingerprint density at radius 3 is 2.35 bits per heavy atom. The molecule has 5 nitrogen and oxygen atoms in total. The highest BCUT2D eigenvalue weighted by Crippen LogP contribution is 2.62. The number of hydrogen-bond acceptors (Lipinski definition) is 3. The smallest absolute Gasteiger partial charge is 0.337 e. The van der Waals surface area contributed by atoms with Gasteiger partial charge in [-0.05, 0) is 32.6 Å². The van der Waals surface area contributed by atoms with Crippen LogP contribution >= 0.6 is 15.0 Å². The molecule has 0 bridgehead atoms. The summed E-state index contributed by atoms with van der Waals surface area (Å²) >= 11 is 0. The standard InChI is InChI=1S/C10H20O5P2/c1-3-15-17(13,14)8-16(11,12)10-6-4-9(2)5-7-10/h10H,2-8H2,1H3,(H,11,12)(H,13,14). The minimum Gasteiger partial charge on any atom is -0.344 e. The van der Waals surface area contributed by atoms with E-state index in [4.69, 9.17) is 0 Å². The van der Waals surface area contributed by atoms with E-state index in [1.165, 1.54) is 0 Å². The molecule has 0 aromatic heterocycles. The van der Waals surface area contributed by atoms with Crippen molar-refractivity contribution in [3.05, 3.63) is 12.2 Å². The van der Waals surface area contributed by atoms with Gasteiger partial charge < -0.3 is 14.3 Å². The van der Waals surface area contributed by atoms with Crippen molar-refractivity contribution in [1.82, 2.24) is 0 Å². The fourth-order valence-corrected chi connectivity index (χ4v) is 6.80. The lowest BCUT2D eigenvalue weighted by atomic mass is 9.96. The molecule has 0 aromatic carbocycles. The summed E-state index contributed by atoms with van der Waals surface area (Å²) in [6, 6.07) is 0. The lowest BCUT2D eigenvalue weighted by molar-refractivity contribution is 0.276. The molecule has 0 radical (unpaired) electrons. The molecule has 2 unspecified atom stereocenters. The number of rotatable bonds is 5. The molecule has 7 heteroatoms. The molecular weight excluding hydrogens is 262 g/mol. The zero-order chi connectivity index (χ0) is 13.1. The van der Waals surface area contributed by atoms with Crippen LogP contribution in [0.1, 0.15) is 32.6 Å². The second-order valence-electron chi connectivity index (χ2n) is 4.43. The Morgan fingerprint density at radius 2 is 1.88 bits per heavy atom. The summed E-state index contributed by atoms with van der Waals surface area (Å²) in [4.78, 5) is 19.3. The summed E-state index contributed by atoms with van der Waals surface area (Å²) in [7, 11) is -7.56. The van der Waals surface area contributed by atoms with Gasteiger partial charge in [0.05, 0.1) is 6.61 Å². The van der Waals surface area contributed by atoms with Crippen LogP contribution in [0.15, 0.2) is 12.2 Å². The average Bonchev–Trinajstić information content (AvgIpc) is 2.16. The fourth-order valence-electron chi connectivity index (χ4n) is 2.03. The van der Waals surface area contributed by atoms with Crippen molar-refractivity contribution in [2.24, 2.45) is 0 Å². The van der Waals surface area contributed by atoms with E-state index in [9.17, 15) is 18.9 Å². The summed E-state index contributed by atoms with van der Waals surface area (Å²) in [5, 5.41) is 0. The quantitative estimate of drug-likeness (QED) is 0.598. The van der Waals surface area contributed by atoms with Crippen LogP contribution in [0.4, 0.5) is 0 Å². The summed E-state index contributed by atoms with van der Waals surface area (Å²) < 4.78 is 28.2. The largest absolute Gasteiger partial charge is 0.344 e. The van der Waals surface area contributed by atoms with Gasteiger partial charge in [-0.1, -0.05) is 12.2 Å². The van der Waals surface area contributed by atoms with E-state index in [0.29, 0.717) is 12.8 Å². The Morgan fingerprint density at radius 1 is 1.35 bits per heavy atom. The molecular formula is C10H20O5P2. The average molecular weight is 282 g/mol. The monoisotopic (exact) mass is 282 g/mol. The number of allylic oxidation sites excluding steroid dienone is 1. The van der Waals surface area contributed by atoms with Crippen LogP contribution in [0.2, 0.25) is 0 Å². The maximum atomic E-state index is 12.1. The van der Waals surface area contributed by atoms with Crippen LogP contribution in [0, 0.1) is 0 Å². The van der Waals surface area contributed by atoms with E-state index in [2.05, 4.69) is 11.1 Å². The SMILES string of the molecule is C=C1CCC(P(=O)(O)CP(=O)(O)OCC)CC1. The maximum Gasteiger partial charge on any atom is 0.337 e. The predicted molar refractivity (Wildman–Crippen MR) is 67.5 cm³/mol. The van der Waals surface area contributed by atoms with Gasteiger partial charge in [0.25, 0.3) is 0 Å². The van der Waals surface area contributed by atoms with Crippen molar-refractivity contribution in [1.29, 1.82) is 0 Å². The second-order valence-corrected chi connectivity index (χ2v) is 9.34. The van der Waals surface area contributed by atoms with Crippen molar-refractivity contribution in [2.75, 3.05) is 12.5 Å². The van der Waals surface area contributed by atoms with E-state index in [0.717, 1.165) is 18.4 Å². The molecule has 0 saturated heterocycles. The van der Waals surface area contributed by atoms with Gasteiger partial charge in [0, 0.05) is 5.66 Å². The Labute approximate surface area is 102 Å². The first-order chi connectivity index (χ1) is 7.77. The van der Waals surface area contributed by atoms with Gasteiger partial charge in [-0.15, -0.1) is 0 Å². The second kappa shape index (κ2) is 5.81. The van der Waals surface area contributed by atoms with Gasteiger partial charge in [0.15, 0.2) is 0 Å². The van der Waals surface area contributed by atoms with Gasteiger partial charge in [-0.2, -0.15) is 0 Å². The Bertz CT molecular complexity index is 369. The molecule has 2 N–H and O–H groups in total. The van der Waals surface area contributed by atoms with Crippen LogP contribution < -0.4 is 0 Å². The van der Waals surface area contributed by atoms with Gasteiger partial charge in [0.2, 0.25) is 7.37 Å². The van der Waals surface area contributed by atoms with E-state index in [1.54, 1.807) is 6.92 Å². The fraction of sp³-hybridized carbons (Fsp3) is 0.800. The summed E-state index contributed by atoms with van der Waals surface area (Å²) in [5.74, 6) is -0.634. The van der Waals surface area contributed by atoms with E-state index in [1.807, 2.05) is 0 Å². The van der Waals surface area contributed by atoms with E-state index < -0.39 is 26.5 Å². The lowest BCUT2D eigenvalue weighted by Crippen LogP contribution is -2.16. The molecule has 2 atom stereocenters. The summed E-state index contributed by atoms with van der Waals surface area (Å²) in [6.45, 7) is 5.48. The first-order valence-corrected chi connectivity index (χ1v) is 9.39. The normalized spacial score (nSPS) is 25.2. The molecule has 1 saturated carbocycles. The predicted octanol–water partition coefficient (Wildman–Crippen LogP) is 2.94. The first kappa shape index (κ1) is 15.1. The minimum absolute atomic E-state index is 0.0647. The highest BCUT2D eigenvalue weighted by Gasteiger charge is 2.39. The third kappa shape index (κ3) is 4.69. The third-order valence-electron chi connectivity index (χ3n) is 2.94. The van der Waals surface area contributed by atoms with Crippen molar-refractivity contribution in [3.63, 3.8) is 0 Å². The van der Waals surface area contributed by atoms with Gasteiger partial charge >= 0.3 is 7.60 Å². The zero-order valence-electron chi connectivity index (χ0n) is 10.0. The lowest BCUT2D eigenvalue weighted by Gasteiger charge is -2.28. The Hall–Kier alpha value is 0.0800. The Kier molecular flexibility index (Phi) is 5.18. The van der Waals surface area contributed by atoms with Gasteiger partial charge in [-0.25, -0.2) is 0 Å². The third-order valence-corrected chi connectivity index (χ3v) is 8.31. The molecule has 0 aliphatic heterocycles. The molecule has 0 amide bonds. The molecule has 1 aliphatic rings. The highest BCUT2D eigenvalue weighted by molar-refractivity contribution is 7.73. The molecule has 0 aromatic rings. The summed E-state index contributed by atoms with van der Waals surface area (Å²) in [5.41, 5.74) is 0.687. The topological polar surface area (TPSA) is 83.8 Å². The van der Waals surface area contributed by atoms with Crippen LogP contribution in [-0.4, -0.2) is 28.0 Å². The van der Waals surface area contributed by atoms with E-state index >= 15 is 0 Å². The molecule has 1 rings (SSSR count).